The summed E-state index contributed by atoms with van der Waals surface area (Å²) in [5, 5.41) is 2.48. The number of pyridine rings is 1. The largest absolute Gasteiger partial charge is 0.490 e. The molecule has 0 spiro atoms. The summed E-state index contributed by atoms with van der Waals surface area (Å²) < 4.78 is 70.7. The molecule has 202 valence electrons. The first-order valence-corrected chi connectivity index (χ1v) is 12.6. The van der Waals surface area contributed by atoms with E-state index in [0.29, 0.717) is 13.0 Å². The van der Waals surface area contributed by atoms with E-state index in [1.165, 1.54) is 49.3 Å². The number of nitrogens with two attached hydrogens (primary N) is 1. The van der Waals surface area contributed by atoms with E-state index < -0.39 is 47.3 Å². The summed E-state index contributed by atoms with van der Waals surface area (Å²) in [4.78, 5) is 28.4. The van der Waals surface area contributed by atoms with Gasteiger partial charge in [0.2, 0.25) is 0 Å². The minimum Gasteiger partial charge on any atom is -0.490 e. The maximum Gasteiger partial charge on any atom is 0.417 e. The summed E-state index contributed by atoms with van der Waals surface area (Å²) in [6.07, 6.45) is -2.72. The van der Waals surface area contributed by atoms with Crippen molar-refractivity contribution in [3.8, 4) is 5.75 Å². The molecule has 1 saturated heterocycles. The number of nitrogens with zero attached hydrogens (tertiary/aromatic N) is 1. The number of alkyl halides is 3. The van der Waals surface area contributed by atoms with Crippen molar-refractivity contribution in [3.63, 3.8) is 0 Å². The number of benzene rings is 1. The molecule has 37 heavy (non-hydrogen) atoms. The predicted octanol–water partition coefficient (Wildman–Crippen LogP) is 4.03. The Hall–Kier alpha value is -2.90. The van der Waals surface area contributed by atoms with Crippen LogP contribution >= 0.6 is 11.9 Å². The third kappa shape index (κ3) is 6.33. The first kappa shape index (κ1) is 28.7. The number of carbonyl (C=O) groups excluding carboxylic acids is 2. The third-order valence-electron chi connectivity index (χ3n) is 6.37. The lowest BCUT2D eigenvalue weighted by molar-refractivity contribution is -0.272. The molecule has 0 bridgehead atoms. The van der Waals surface area contributed by atoms with E-state index in [4.69, 9.17) is 15.2 Å². The number of hydrogen-bond acceptors (Lipinski definition) is 7. The molecule has 0 unspecified atom stereocenters. The molecule has 1 aromatic carbocycles. The fourth-order valence-electron chi connectivity index (χ4n) is 4.18. The lowest BCUT2D eigenvalue weighted by atomic mass is 9.77. The molecule has 1 fully saturated rings. The number of halogens is 4. The Balaban J connectivity index is 1.92. The molecular weight excluding hydrogens is 516 g/mol. The highest BCUT2D eigenvalue weighted by Gasteiger charge is 2.65. The lowest BCUT2D eigenvalue weighted by Gasteiger charge is -2.31. The molecule has 4 atom stereocenters. The number of carbonyl (C=O) groups is 2. The Morgan fingerprint density at radius 1 is 1.27 bits per heavy atom. The standard InChI is InChI=1S/C24H28F4N4O4S/c1-13-19(14-5-6-16(25)18(11-14)35-10-4-8-31-37-3)20(36-23(13,2)24(26,27)28)22(34)32-15-7-9-30-17(12-15)21(29)33/h5-7,9,11-13,19-20,31H,4,8,10H2,1-3H3,(H2,29,33)(H,30,32,34)/t13-,19-,20+,23+/m0/s1. The molecule has 2 amide bonds. The molecular formula is C24H28F4N4O4S. The van der Waals surface area contributed by atoms with Crippen LogP contribution in [0.5, 0.6) is 5.75 Å². The maximum absolute atomic E-state index is 14.4. The Kier molecular flexibility index (Phi) is 9.03. The SMILES string of the molecule is CSNCCCOc1cc([C@H]2[C@H](C(=O)Nc3ccnc(C(N)=O)c3)O[C@@](C)(C(F)(F)F)[C@H]2C)ccc1F. The second-order valence-corrected chi connectivity index (χ2v) is 9.43. The zero-order valence-electron chi connectivity index (χ0n) is 20.4. The highest BCUT2D eigenvalue weighted by Crippen LogP contribution is 2.53. The molecule has 4 N–H and O–H groups in total. The van der Waals surface area contributed by atoms with Crippen LogP contribution in [0.4, 0.5) is 23.2 Å². The summed E-state index contributed by atoms with van der Waals surface area (Å²) in [5.41, 5.74) is 2.78. The van der Waals surface area contributed by atoms with E-state index in [9.17, 15) is 27.2 Å². The second kappa shape index (κ2) is 11.7. The second-order valence-electron chi connectivity index (χ2n) is 8.73. The van der Waals surface area contributed by atoms with Gasteiger partial charge in [-0.3, -0.25) is 19.3 Å². The van der Waals surface area contributed by atoms with Gasteiger partial charge in [0.1, 0.15) is 11.8 Å². The Morgan fingerprint density at radius 3 is 2.65 bits per heavy atom. The average Bonchev–Trinajstić information content (AvgIpc) is 3.12. The number of amides is 2. The van der Waals surface area contributed by atoms with Crippen molar-refractivity contribution in [3.05, 3.63) is 53.6 Å². The number of anilines is 1. The minimum absolute atomic E-state index is 0.103. The van der Waals surface area contributed by atoms with Gasteiger partial charge in [0, 0.05) is 30.3 Å². The van der Waals surface area contributed by atoms with E-state index in [2.05, 4.69) is 15.0 Å². The van der Waals surface area contributed by atoms with Gasteiger partial charge in [-0.25, -0.2) is 4.39 Å². The average molecular weight is 545 g/mol. The molecule has 0 aliphatic carbocycles. The van der Waals surface area contributed by atoms with Crippen molar-refractivity contribution in [1.82, 2.24) is 9.71 Å². The Morgan fingerprint density at radius 2 is 2.00 bits per heavy atom. The van der Waals surface area contributed by atoms with Gasteiger partial charge < -0.3 is 20.5 Å². The zero-order chi connectivity index (χ0) is 27.4. The van der Waals surface area contributed by atoms with Gasteiger partial charge in [0.25, 0.3) is 11.8 Å². The molecule has 1 aliphatic rings. The molecule has 0 saturated carbocycles. The zero-order valence-corrected chi connectivity index (χ0v) is 21.2. The van der Waals surface area contributed by atoms with Crippen LogP contribution in [0.1, 0.15) is 42.2 Å². The van der Waals surface area contributed by atoms with Gasteiger partial charge >= 0.3 is 6.18 Å². The van der Waals surface area contributed by atoms with Gasteiger partial charge in [0.05, 0.1) is 6.61 Å². The van der Waals surface area contributed by atoms with Crippen LogP contribution in [0.25, 0.3) is 0 Å². The summed E-state index contributed by atoms with van der Waals surface area (Å²) in [6.45, 7) is 3.02. The summed E-state index contributed by atoms with van der Waals surface area (Å²) in [6, 6.07) is 6.28. The van der Waals surface area contributed by atoms with E-state index in [1.807, 2.05) is 6.26 Å². The summed E-state index contributed by atoms with van der Waals surface area (Å²) >= 11 is 1.43. The van der Waals surface area contributed by atoms with Crippen LogP contribution in [0.15, 0.2) is 36.5 Å². The molecule has 1 aliphatic heterocycles. The van der Waals surface area contributed by atoms with Crippen molar-refractivity contribution in [2.45, 2.75) is 44.1 Å². The number of nitrogens with one attached hydrogen (secondary N) is 2. The number of ether oxygens (including phenoxy) is 2. The Labute approximate surface area is 215 Å². The monoisotopic (exact) mass is 544 g/mol. The normalized spacial score (nSPS) is 23.6. The van der Waals surface area contributed by atoms with Crippen LogP contribution in [-0.4, -0.2) is 54.1 Å². The van der Waals surface area contributed by atoms with Crippen LogP contribution < -0.4 is 20.5 Å². The highest BCUT2D eigenvalue weighted by atomic mass is 32.2. The first-order chi connectivity index (χ1) is 17.4. The van der Waals surface area contributed by atoms with Crippen molar-refractivity contribution in [2.75, 3.05) is 24.7 Å². The smallest absolute Gasteiger partial charge is 0.417 e. The topological polar surface area (TPSA) is 116 Å². The Bertz CT molecular complexity index is 1140. The van der Waals surface area contributed by atoms with Crippen molar-refractivity contribution >= 4 is 29.4 Å². The quantitative estimate of drug-likeness (QED) is 0.235. The molecule has 2 heterocycles. The van der Waals surface area contributed by atoms with Gasteiger partial charge in [-0.1, -0.05) is 24.9 Å². The lowest BCUT2D eigenvalue weighted by Crippen LogP contribution is -2.47. The van der Waals surface area contributed by atoms with Gasteiger partial charge in [-0.15, -0.1) is 0 Å². The highest BCUT2D eigenvalue weighted by molar-refractivity contribution is 7.96. The third-order valence-corrected chi connectivity index (χ3v) is 6.86. The minimum atomic E-state index is -4.79. The van der Waals surface area contributed by atoms with Crippen molar-refractivity contribution < 1.29 is 36.6 Å². The number of rotatable bonds is 10. The van der Waals surface area contributed by atoms with E-state index in [-0.39, 0.29) is 29.3 Å². The van der Waals surface area contributed by atoms with Crippen molar-refractivity contribution in [1.29, 1.82) is 0 Å². The fraction of sp³-hybridized carbons (Fsp3) is 0.458. The summed E-state index contributed by atoms with van der Waals surface area (Å²) in [5.74, 6) is -4.83. The predicted molar refractivity (Wildman–Crippen MR) is 131 cm³/mol. The number of aromatic nitrogens is 1. The van der Waals surface area contributed by atoms with Crippen LogP contribution in [-0.2, 0) is 9.53 Å². The van der Waals surface area contributed by atoms with E-state index in [1.54, 1.807) is 0 Å². The maximum atomic E-state index is 14.4. The molecule has 3 rings (SSSR count). The fourth-order valence-corrected chi connectivity index (χ4v) is 4.53. The first-order valence-electron chi connectivity index (χ1n) is 11.4. The van der Waals surface area contributed by atoms with Crippen LogP contribution in [0, 0.1) is 11.7 Å². The van der Waals surface area contributed by atoms with Crippen molar-refractivity contribution in [2.24, 2.45) is 11.7 Å². The molecule has 2 aromatic rings. The molecule has 0 radical (unpaired) electrons. The summed E-state index contributed by atoms with van der Waals surface area (Å²) in [7, 11) is 0. The van der Waals surface area contributed by atoms with Gasteiger partial charge in [0.15, 0.2) is 17.2 Å². The molecule has 8 nitrogen and oxygen atoms in total. The number of primary amides is 1. The van der Waals surface area contributed by atoms with Crippen LogP contribution in [0.2, 0.25) is 0 Å². The molecule has 1 aromatic heterocycles. The van der Waals surface area contributed by atoms with Gasteiger partial charge in [-0.05, 0) is 49.4 Å². The number of hydrogen-bond donors (Lipinski definition) is 3. The van der Waals surface area contributed by atoms with E-state index in [0.717, 1.165) is 13.0 Å². The van der Waals surface area contributed by atoms with Gasteiger partial charge in [-0.2, -0.15) is 13.2 Å². The van der Waals surface area contributed by atoms with Crippen LogP contribution in [0.3, 0.4) is 0 Å². The van der Waals surface area contributed by atoms with E-state index >= 15 is 0 Å². The molecule has 13 heteroatoms.